The first kappa shape index (κ1) is 30.4. The third-order valence-electron chi connectivity index (χ3n) is 6.65. The van der Waals surface area contributed by atoms with E-state index in [1.54, 1.807) is 54.8 Å². The molecule has 1 aliphatic rings. The second-order valence-electron chi connectivity index (χ2n) is 9.58. The molecule has 1 aliphatic heterocycles. The fourth-order valence-corrected chi connectivity index (χ4v) is 5.98. The lowest BCUT2D eigenvalue weighted by molar-refractivity contribution is -0.139. The van der Waals surface area contributed by atoms with Crippen LogP contribution in [0.5, 0.6) is 11.5 Å². The maximum Gasteiger partial charge on any atom is 0.338 e. The van der Waals surface area contributed by atoms with Gasteiger partial charge in [0.25, 0.3) is 5.56 Å². The summed E-state index contributed by atoms with van der Waals surface area (Å²) in [7, 11) is 0. The average molecular weight is 636 g/mol. The van der Waals surface area contributed by atoms with Crippen LogP contribution in [0.3, 0.4) is 0 Å². The number of fused-ring (bicyclic) bond motifs is 1. The highest BCUT2D eigenvalue weighted by Gasteiger charge is 2.33. The van der Waals surface area contributed by atoms with Crippen molar-refractivity contribution in [2.75, 3.05) is 13.2 Å². The van der Waals surface area contributed by atoms with E-state index in [1.165, 1.54) is 11.3 Å². The van der Waals surface area contributed by atoms with Crippen LogP contribution in [0.2, 0.25) is 10.0 Å². The van der Waals surface area contributed by atoms with Gasteiger partial charge in [0.05, 0.1) is 38.5 Å². The first-order valence-corrected chi connectivity index (χ1v) is 15.1. The Morgan fingerprint density at radius 1 is 1.02 bits per heavy atom. The number of carbonyl (C=O) groups excluding carboxylic acids is 1. The number of nitrogens with zero attached hydrogens (tertiary/aromatic N) is 2. The van der Waals surface area contributed by atoms with Crippen LogP contribution in [-0.4, -0.2) is 23.8 Å². The number of hydrogen-bond donors (Lipinski definition) is 0. The van der Waals surface area contributed by atoms with Gasteiger partial charge in [0, 0.05) is 0 Å². The van der Waals surface area contributed by atoms with Crippen molar-refractivity contribution in [3.8, 4) is 11.5 Å². The summed E-state index contributed by atoms with van der Waals surface area (Å²) < 4.78 is 18.9. The summed E-state index contributed by atoms with van der Waals surface area (Å²) in [6, 6.07) is 19.4. The number of carbonyl (C=O) groups is 1. The lowest BCUT2D eigenvalue weighted by Gasteiger charge is -2.24. The van der Waals surface area contributed by atoms with Gasteiger partial charge < -0.3 is 14.2 Å². The monoisotopic (exact) mass is 634 g/mol. The summed E-state index contributed by atoms with van der Waals surface area (Å²) >= 11 is 13.4. The minimum absolute atomic E-state index is 0.203. The molecule has 10 heteroatoms. The van der Waals surface area contributed by atoms with Crippen LogP contribution in [0, 0.1) is 0 Å². The van der Waals surface area contributed by atoms with E-state index in [1.807, 2.05) is 42.5 Å². The van der Waals surface area contributed by atoms with E-state index in [4.69, 9.17) is 37.4 Å². The average Bonchev–Trinajstić information content (AvgIpc) is 3.30. The smallest absolute Gasteiger partial charge is 0.338 e. The summed E-state index contributed by atoms with van der Waals surface area (Å²) in [4.78, 5) is 32.1. The molecule has 0 bridgehead atoms. The predicted octanol–water partition coefficient (Wildman–Crippen LogP) is 6.25. The summed E-state index contributed by atoms with van der Waals surface area (Å²) in [5, 5.41) is 0.964. The van der Waals surface area contributed by atoms with Gasteiger partial charge in [-0.25, -0.2) is 9.79 Å². The van der Waals surface area contributed by atoms with Gasteiger partial charge in [-0.2, -0.15) is 0 Å². The molecular weight excluding hydrogens is 607 g/mol. The van der Waals surface area contributed by atoms with E-state index in [0.29, 0.717) is 55.4 Å². The summed E-state index contributed by atoms with van der Waals surface area (Å²) in [6.07, 6.45) is 3.47. The first-order valence-electron chi connectivity index (χ1n) is 13.5. The molecule has 0 spiro atoms. The molecule has 5 rings (SSSR count). The van der Waals surface area contributed by atoms with E-state index in [-0.39, 0.29) is 12.2 Å². The van der Waals surface area contributed by atoms with Crippen molar-refractivity contribution in [1.82, 2.24) is 4.57 Å². The standard InChI is InChI=1S/C33H28Cl2N2O5S/c1-4-16-41-24-13-9-23(10-14-24)30-29(32(39)40-5-2)20(3)36-33-37(30)31(38)28(43-33)18-21-6-11-25(12-7-21)42-19-22-8-15-26(34)27(35)17-22/h4,6-15,17-18,30H,1,5,16,19H2,2-3H3/b28-18+/t30-/m0/s1. The van der Waals surface area contributed by atoms with Crippen molar-refractivity contribution in [1.29, 1.82) is 0 Å². The van der Waals surface area contributed by atoms with Gasteiger partial charge in [0.1, 0.15) is 24.7 Å². The number of allylic oxidation sites excluding steroid dienone is 1. The maximum absolute atomic E-state index is 13.8. The Morgan fingerprint density at radius 2 is 1.72 bits per heavy atom. The Morgan fingerprint density at radius 3 is 2.40 bits per heavy atom. The zero-order valence-corrected chi connectivity index (χ0v) is 25.8. The molecule has 7 nitrogen and oxygen atoms in total. The molecule has 1 aromatic heterocycles. The van der Waals surface area contributed by atoms with E-state index in [0.717, 1.165) is 16.7 Å². The summed E-state index contributed by atoms with van der Waals surface area (Å²) in [6.45, 7) is 8.07. The largest absolute Gasteiger partial charge is 0.490 e. The zero-order valence-electron chi connectivity index (χ0n) is 23.5. The van der Waals surface area contributed by atoms with Crippen molar-refractivity contribution < 1.29 is 19.0 Å². The summed E-state index contributed by atoms with van der Waals surface area (Å²) in [5.74, 6) is 0.810. The molecule has 0 radical (unpaired) electrons. The minimum atomic E-state index is -0.706. The molecule has 1 atom stereocenters. The number of rotatable bonds is 10. The van der Waals surface area contributed by atoms with Crippen LogP contribution >= 0.6 is 34.5 Å². The number of esters is 1. The lowest BCUT2D eigenvalue weighted by atomic mass is 9.96. The van der Waals surface area contributed by atoms with Crippen molar-refractivity contribution in [2.24, 2.45) is 4.99 Å². The molecule has 3 aromatic carbocycles. The van der Waals surface area contributed by atoms with Crippen molar-refractivity contribution in [2.45, 2.75) is 26.5 Å². The quantitative estimate of drug-likeness (QED) is 0.152. The third-order valence-corrected chi connectivity index (χ3v) is 8.37. The van der Waals surface area contributed by atoms with Crippen molar-refractivity contribution in [3.63, 3.8) is 0 Å². The molecule has 220 valence electrons. The molecule has 0 N–H and O–H groups in total. The van der Waals surface area contributed by atoms with Crippen LogP contribution in [0.1, 0.15) is 36.6 Å². The molecule has 0 saturated heterocycles. The molecule has 0 saturated carbocycles. The Hall–Kier alpha value is -4.11. The Kier molecular flexibility index (Phi) is 9.50. The molecule has 0 amide bonds. The predicted molar refractivity (Wildman–Crippen MR) is 170 cm³/mol. The van der Waals surface area contributed by atoms with E-state index in [9.17, 15) is 9.59 Å². The van der Waals surface area contributed by atoms with Gasteiger partial charge in [0.15, 0.2) is 4.80 Å². The van der Waals surface area contributed by atoms with Gasteiger partial charge in [0.2, 0.25) is 0 Å². The fourth-order valence-electron chi connectivity index (χ4n) is 4.62. The Labute approximate surface area is 262 Å². The SMILES string of the molecule is C=CCOc1ccc([C@H]2C(C(=O)OCC)=C(C)N=c3s/c(=C/c4ccc(OCc5ccc(Cl)c(Cl)c5)cc4)c(=O)n32)cc1. The highest BCUT2D eigenvalue weighted by Crippen LogP contribution is 2.32. The maximum atomic E-state index is 13.8. The Bertz CT molecular complexity index is 1880. The second-order valence-corrected chi connectivity index (χ2v) is 11.4. The van der Waals surface area contributed by atoms with Crippen LogP contribution in [0.4, 0.5) is 0 Å². The van der Waals surface area contributed by atoms with Crippen LogP contribution in [0.15, 0.2) is 100 Å². The zero-order chi connectivity index (χ0) is 30.5. The molecule has 0 unspecified atom stereocenters. The highest BCUT2D eigenvalue weighted by atomic mass is 35.5. The normalized spacial score (nSPS) is 14.6. The van der Waals surface area contributed by atoms with Crippen molar-refractivity contribution in [3.05, 3.63) is 137 Å². The molecule has 0 fully saturated rings. The third kappa shape index (κ3) is 6.77. The number of benzene rings is 3. The van der Waals surface area contributed by atoms with Gasteiger partial charge in [-0.15, -0.1) is 0 Å². The molecular formula is C33H28Cl2N2O5S. The van der Waals surface area contributed by atoms with Crippen LogP contribution in [-0.2, 0) is 16.1 Å². The molecule has 0 aliphatic carbocycles. The lowest BCUT2D eigenvalue weighted by Crippen LogP contribution is -2.39. The van der Waals surface area contributed by atoms with Crippen molar-refractivity contribution >= 4 is 46.6 Å². The minimum Gasteiger partial charge on any atom is -0.490 e. The van der Waals surface area contributed by atoms with Gasteiger partial charge in [-0.1, -0.05) is 77.5 Å². The number of hydrogen-bond acceptors (Lipinski definition) is 7. The number of ether oxygens (including phenoxy) is 3. The number of halogens is 2. The van der Waals surface area contributed by atoms with Crippen LogP contribution < -0.4 is 24.4 Å². The number of thiazole rings is 1. The van der Waals surface area contributed by atoms with Gasteiger partial charge in [-0.05, 0) is 73.0 Å². The first-order chi connectivity index (χ1) is 20.8. The van der Waals surface area contributed by atoms with Gasteiger partial charge in [-0.3, -0.25) is 9.36 Å². The van der Waals surface area contributed by atoms with Gasteiger partial charge >= 0.3 is 5.97 Å². The van der Waals surface area contributed by atoms with E-state index < -0.39 is 12.0 Å². The summed E-state index contributed by atoms with van der Waals surface area (Å²) in [5.41, 5.74) is 3.02. The Balaban J connectivity index is 1.47. The van der Waals surface area contributed by atoms with E-state index in [2.05, 4.69) is 11.6 Å². The molecule has 43 heavy (non-hydrogen) atoms. The molecule has 2 heterocycles. The van der Waals surface area contributed by atoms with Crippen LogP contribution in [0.25, 0.3) is 6.08 Å². The highest BCUT2D eigenvalue weighted by molar-refractivity contribution is 7.07. The van der Waals surface area contributed by atoms with E-state index >= 15 is 0 Å². The topological polar surface area (TPSA) is 79.1 Å². The molecule has 4 aromatic rings. The number of aromatic nitrogens is 1. The second kappa shape index (κ2) is 13.5. The fraction of sp³-hybridized carbons (Fsp3) is 0.182.